The SMILES string of the molecule is CC(O)CCCCCCCCCCCCCCCCOP(=O)([O-])OCC[N+](C)(C)C. The van der Waals surface area contributed by atoms with Crippen LogP contribution in [0.25, 0.3) is 0 Å². The molecular weight excluding hydrogens is 401 g/mol. The van der Waals surface area contributed by atoms with Gasteiger partial charge in [0.15, 0.2) is 0 Å². The van der Waals surface area contributed by atoms with E-state index in [1.807, 2.05) is 28.1 Å². The van der Waals surface area contributed by atoms with Gasteiger partial charge in [-0.15, -0.1) is 0 Å². The lowest BCUT2D eigenvalue weighted by molar-refractivity contribution is -0.870. The molecule has 2 atom stereocenters. The minimum absolute atomic E-state index is 0.141. The number of hydrogen-bond acceptors (Lipinski definition) is 5. The maximum Gasteiger partial charge on any atom is 0.268 e. The van der Waals surface area contributed by atoms with Gasteiger partial charge in [0.1, 0.15) is 13.2 Å². The van der Waals surface area contributed by atoms with Gasteiger partial charge >= 0.3 is 0 Å². The third kappa shape index (κ3) is 24.3. The Morgan fingerprint density at radius 1 is 0.733 bits per heavy atom. The van der Waals surface area contributed by atoms with Crippen LogP contribution in [0.2, 0.25) is 0 Å². The lowest BCUT2D eigenvalue weighted by Crippen LogP contribution is -2.37. The third-order valence-corrected chi connectivity index (χ3v) is 6.27. The molecule has 0 aliphatic carbocycles. The fourth-order valence-electron chi connectivity index (χ4n) is 3.30. The first-order valence-electron chi connectivity index (χ1n) is 12.2. The molecule has 0 bridgehead atoms. The Balaban J connectivity index is 3.28. The van der Waals surface area contributed by atoms with Crippen molar-refractivity contribution in [1.82, 2.24) is 0 Å². The van der Waals surface area contributed by atoms with Crippen LogP contribution in [0, 0.1) is 0 Å². The summed E-state index contributed by atoms with van der Waals surface area (Å²) in [5, 5.41) is 9.21. The number of phosphoric ester groups is 1. The van der Waals surface area contributed by atoms with Gasteiger partial charge in [-0.05, 0) is 19.8 Å². The van der Waals surface area contributed by atoms with Gasteiger partial charge in [-0.1, -0.05) is 83.5 Å². The predicted octanol–water partition coefficient (Wildman–Crippen LogP) is 5.43. The highest BCUT2D eigenvalue weighted by molar-refractivity contribution is 7.45. The summed E-state index contributed by atoms with van der Waals surface area (Å²) >= 11 is 0. The van der Waals surface area contributed by atoms with Gasteiger partial charge in [0.05, 0.1) is 33.9 Å². The maximum atomic E-state index is 11.7. The molecule has 0 radical (unpaired) electrons. The van der Waals surface area contributed by atoms with E-state index in [9.17, 15) is 14.6 Å². The summed E-state index contributed by atoms with van der Waals surface area (Å²) in [6, 6.07) is 0. The Morgan fingerprint density at radius 3 is 1.50 bits per heavy atom. The number of phosphoric acid groups is 1. The first-order valence-corrected chi connectivity index (χ1v) is 13.7. The Kier molecular flexibility index (Phi) is 18.6. The second-order valence-electron chi connectivity index (χ2n) is 9.72. The van der Waals surface area contributed by atoms with Crippen molar-refractivity contribution in [3.63, 3.8) is 0 Å². The van der Waals surface area contributed by atoms with Crippen molar-refractivity contribution in [2.75, 3.05) is 40.9 Å². The standard InChI is InChI=1S/C23H50NO5P/c1-23(25)19-17-15-13-11-9-7-5-6-8-10-12-14-16-18-21-28-30(26,27)29-22-20-24(2,3)4/h23,25H,5-22H2,1-4H3. The fourth-order valence-corrected chi connectivity index (χ4v) is 4.04. The summed E-state index contributed by atoms with van der Waals surface area (Å²) in [4.78, 5) is 11.7. The predicted molar refractivity (Wildman–Crippen MR) is 123 cm³/mol. The zero-order chi connectivity index (χ0) is 22.7. The molecule has 0 aliphatic rings. The van der Waals surface area contributed by atoms with Crippen molar-refractivity contribution in [3.8, 4) is 0 Å². The summed E-state index contributed by atoms with van der Waals surface area (Å²) in [6.07, 6.45) is 17.9. The summed E-state index contributed by atoms with van der Waals surface area (Å²) in [6.45, 7) is 2.88. The molecule has 0 aliphatic heterocycles. The van der Waals surface area contributed by atoms with Crippen molar-refractivity contribution in [2.24, 2.45) is 0 Å². The van der Waals surface area contributed by atoms with Crippen LogP contribution in [-0.4, -0.2) is 56.6 Å². The Bertz CT molecular complexity index is 426. The molecule has 0 saturated heterocycles. The largest absolute Gasteiger partial charge is 0.756 e. The van der Waals surface area contributed by atoms with Gasteiger partial charge in [0.2, 0.25) is 0 Å². The molecule has 7 heteroatoms. The normalized spacial score (nSPS) is 15.3. The lowest BCUT2D eigenvalue weighted by atomic mass is 10.0. The topological polar surface area (TPSA) is 78.8 Å². The smallest absolute Gasteiger partial charge is 0.268 e. The molecule has 0 aromatic carbocycles. The highest BCUT2D eigenvalue weighted by Gasteiger charge is 2.12. The minimum Gasteiger partial charge on any atom is -0.756 e. The Morgan fingerprint density at radius 2 is 1.10 bits per heavy atom. The second kappa shape index (κ2) is 18.6. The van der Waals surface area contributed by atoms with Gasteiger partial charge in [0, 0.05) is 0 Å². The molecule has 2 unspecified atom stereocenters. The molecule has 0 amide bonds. The third-order valence-electron chi connectivity index (χ3n) is 5.28. The number of hydrogen-bond donors (Lipinski definition) is 1. The summed E-state index contributed by atoms with van der Waals surface area (Å²) in [5.74, 6) is 0. The summed E-state index contributed by atoms with van der Waals surface area (Å²) in [7, 11) is 1.83. The molecule has 0 fully saturated rings. The van der Waals surface area contributed by atoms with E-state index in [0.29, 0.717) is 11.0 Å². The number of aliphatic hydroxyl groups excluding tert-OH is 1. The number of nitrogens with zero attached hydrogens (tertiary/aromatic N) is 1. The average Bonchev–Trinajstić information content (AvgIpc) is 2.62. The number of rotatable bonds is 22. The summed E-state index contributed by atoms with van der Waals surface area (Å²) in [5.41, 5.74) is 0. The van der Waals surface area contributed by atoms with E-state index in [2.05, 4.69) is 0 Å². The van der Waals surface area contributed by atoms with Crippen LogP contribution < -0.4 is 4.89 Å². The highest BCUT2D eigenvalue weighted by atomic mass is 31.2. The number of unbranched alkanes of at least 4 members (excludes halogenated alkanes) is 13. The van der Waals surface area contributed by atoms with Crippen LogP contribution >= 0.6 is 7.82 Å². The van der Waals surface area contributed by atoms with E-state index < -0.39 is 7.82 Å². The molecule has 30 heavy (non-hydrogen) atoms. The van der Waals surface area contributed by atoms with Crippen molar-refractivity contribution in [3.05, 3.63) is 0 Å². The second-order valence-corrected chi connectivity index (χ2v) is 11.1. The molecule has 0 saturated carbocycles. The van der Waals surface area contributed by atoms with Gasteiger partial charge in [-0.25, -0.2) is 0 Å². The monoisotopic (exact) mass is 451 g/mol. The molecule has 0 aromatic heterocycles. The zero-order valence-electron chi connectivity index (χ0n) is 20.3. The molecule has 0 rings (SSSR count). The van der Waals surface area contributed by atoms with Gasteiger partial charge in [-0.2, -0.15) is 0 Å². The van der Waals surface area contributed by atoms with Crippen molar-refractivity contribution in [1.29, 1.82) is 0 Å². The van der Waals surface area contributed by atoms with Crippen LogP contribution in [0.4, 0.5) is 0 Å². The molecule has 0 spiro atoms. The van der Waals surface area contributed by atoms with E-state index in [1.54, 1.807) is 0 Å². The molecule has 0 heterocycles. The van der Waals surface area contributed by atoms with Crippen LogP contribution in [-0.2, 0) is 13.6 Å². The van der Waals surface area contributed by atoms with E-state index >= 15 is 0 Å². The van der Waals surface area contributed by atoms with Gasteiger partial charge in [-0.3, -0.25) is 4.57 Å². The van der Waals surface area contributed by atoms with Crippen LogP contribution in [0.15, 0.2) is 0 Å². The van der Waals surface area contributed by atoms with E-state index in [-0.39, 0.29) is 19.3 Å². The summed E-state index contributed by atoms with van der Waals surface area (Å²) < 4.78 is 22.1. The number of likely N-dealkylation sites (N-methyl/N-ethyl adjacent to an activating group) is 1. The Labute approximate surface area is 186 Å². The molecule has 0 aromatic rings. The van der Waals surface area contributed by atoms with Crippen LogP contribution in [0.3, 0.4) is 0 Å². The average molecular weight is 452 g/mol. The number of quaternary nitrogens is 1. The van der Waals surface area contributed by atoms with E-state index in [0.717, 1.165) is 32.1 Å². The maximum absolute atomic E-state index is 11.7. The van der Waals surface area contributed by atoms with Gasteiger partial charge in [0.25, 0.3) is 7.82 Å². The highest BCUT2D eigenvalue weighted by Crippen LogP contribution is 2.38. The van der Waals surface area contributed by atoms with Crippen LogP contribution in [0.1, 0.15) is 103 Å². The quantitative estimate of drug-likeness (QED) is 0.135. The Hall–Kier alpha value is 0.0300. The number of aliphatic hydroxyl groups is 1. The first kappa shape index (κ1) is 30.0. The lowest BCUT2D eigenvalue weighted by Gasteiger charge is -2.27. The van der Waals surface area contributed by atoms with Gasteiger partial charge < -0.3 is 23.5 Å². The molecular formula is C23H50NO5P. The van der Waals surface area contributed by atoms with Crippen molar-refractivity contribution >= 4 is 7.82 Å². The minimum atomic E-state index is -4.14. The van der Waals surface area contributed by atoms with Crippen molar-refractivity contribution < 1.29 is 28.1 Å². The van der Waals surface area contributed by atoms with E-state index in [1.165, 1.54) is 64.2 Å². The first-order chi connectivity index (χ1) is 14.1. The van der Waals surface area contributed by atoms with Crippen LogP contribution in [0.5, 0.6) is 0 Å². The molecule has 6 nitrogen and oxygen atoms in total. The zero-order valence-corrected chi connectivity index (χ0v) is 21.2. The fraction of sp³-hybridized carbons (Fsp3) is 1.00. The van der Waals surface area contributed by atoms with Crippen molar-refractivity contribution in [2.45, 2.75) is 109 Å². The van der Waals surface area contributed by atoms with E-state index in [4.69, 9.17) is 9.05 Å². The molecule has 1 N–H and O–H groups in total. The molecule has 182 valence electrons.